The van der Waals surface area contributed by atoms with Gasteiger partial charge >= 0.3 is 0 Å². The lowest BCUT2D eigenvalue weighted by Gasteiger charge is -2.25. The van der Waals surface area contributed by atoms with Crippen LogP contribution in [0.25, 0.3) is 109 Å². The highest BCUT2D eigenvalue weighted by Gasteiger charge is 2.32. The quantitative estimate of drug-likeness (QED) is 0.128. The van der Waals surface area contributed by atoms with Crippen molar-refractivity contribution in [3.63, 3.8) is 0 Å². The van der Waals surface area contributed by atoms with Crippen LogP contribution in [-0.2, 0) is 0 Å². The Labute approximate surface area is 328 Å². The van der Waals surface area contributed by atoms with E-state index >= 15 is 9.59 Å². The fraction of sp³-hybridized carbons (Fsp3) is 0.280. The van der Waals surface area contributed by atoms with Crippen molar-refractivity contribution in [3.8, 4) is 0 Å². The molecule has 0 bridgehead atoms. The predicted molar refractivity (Wildman–Crippen MR) is 234 cm³/mol. The summed E-state index contributed by atoms with van der Waals surface area (Å²) in [6.45, 7) is 4.08. The van der Waals surface area contributed by atoms with E-state index in [-0.39, 0.29) is 34.3 Å². The topological polar surface area (TPSA) is 104 Å². The Morgan fingerprint density at radius 3 is 1.16 bits per heavy atom. The van der Waals surface area contributed by atoms with Crippen LogP contribution in [-0.4, -0.2) is 9.13 Å². The van der Waals surface area contributed by atoms with Crippen LogP contribution in [0.3, 0.4) is 0 Å². The first-order valence-electron chi connectivity index (χ1n) is 21.0. The molecular weight excluding hydrogens is 725 g/mol. The highest BCUT2D eigenvalue weighted by Crippen LogP contribution is 2.52. The van der Waals surface area contributed by atoms with Crippen molar-refractivity contribution in [2.75, 3.05) is 0 Å². The van der Waals surface area contributed by atoms with Gasteiger partial charge in [0, 0.05) is 76.7 Å². The van der Waals surface area contributed by atoms with E-state index in [0.717, 1.165) is 129 Å². The lowest BCUT2D eigenvalue weighted by atomic mass is 9.82. The zero-order chi connectivity index (χ0) is 38.9. The Bertz CT molecular complexity index is 3620. The van der Waals surface area contributed by atoms with Gasteiger partial charge in [0.1, 0.15) is 22.3 Å². The standard InChI is InChI=1S/C50H38N2O6/c1-23-13-15-35-27(17-23)29-19-31-39-34(50(56)51(47(31)53)25-9-5-3-6-10-25)22-38-44-42-30(28-18-24(2)14-16-36(28)58-38)20-32-40-33(21-37(57-35)43(46(40)42)41(29)45(39)44)49(55)52(48(32)54)26-11-7-4-8-12-26/h13-22,25-26H,3-12H2,1-2H3. The molecule has 0 N–H and O–H groups in total. The van der Waals surface area contributed by atoms with Crippen molar-refractivity contribution in [2.45, 2.75) is 90.1 Å². The van der Waals surface area contributed by atoms with E-state index in [1.807, 2.05) is 62.4 Å². The second-order valence-corrected chi connectivity index (χ2v) is 17.5. The Morgan fingerprint density at radius 1 is 0.379 bits per heavy atom. The molecule has 2 aliphatic carbocycles. The van der Waals surface area contributed by atoms with E-state index in [1.165, 1.54) is 9.13 Å². The average Bonchev–Trinajstić information content (AvgIpc) is 3.46. The number of pyridine rings is 2. The number of hydrogen-bond acceptors (Lipinski definition) is 6. The molecular formula is C50H38N2O6. The molecule has 2 fully saturated rings. The Balaban J connectivity index is 1.40. The molecule has 0 amide bonds. The molecule has 8 nitrogen and oxygen atoms in total. The molecule has 11 aromatic rings. The first-order chi connectivity index (χ1) is 28.3. The number of fused-ring (bicyclic) bond motifs is 4. The summed E-state index contributed by atoms with van der Waals surface area (Å²) >= 11 is 0. The minimum Gasteiger partial charge on any atom is -0.456 e. The molecule has 58 heavy (non-hydrogen) atoms. The third-order valence-corrected chi connectivity index (χ3v) is 14.2. The zero-order valence-corrected chi connectivity index (χ0v) is 32.3. The number of aromatic nitrogens is 2. The summed E-state index contributed by atoms with van der Waals surface area (Å²) < 4.78 is 17.1. The molecule has 284 valence electrons. The normalized spacial score (nSPS) is 16.6. The summed E-state index contributed by atoms with van der Waals surface area (Å²) in [7, 11) is 0. The van der Waals surface area contributed by atoms with E-state index in [9.17, 15) is 9.59 Å². The molecule has 8 heteroatoms. The molecule has 0 atom stereocenters. The fourth-order valence-electron chi connectivity index (χ4n) is 11.7. The van der Waals surface area contributed by atoms with Gasteiger partial charge in [-0.15, -0.1) is 0 Å². The maximum atomic E-state index is 15.0. The van der Waals surface area contributed by atoms with Gasteiger partial charge in [-0.05, 0) is 98.8 Å². The molecule has 0 aliphatic heterocycles. The molecule has 4 aromatic heterocycles. The molecule has 0 unspecified atom stereocenters. The molecule has 2 saturated carbocycles. The van der Waals surface area contributed by atoms with Gasteiger partial charge in [-0.1, -0.05) is 61.8 Å². The van der Waals surface area contributed by atoms with E-state index in [0.29, 0.717) is 54.6 Å². The Morgan fingerprint density at radius 2 is 0.759 bits per heavy atom. The van der Waals surface area contributed by atoms with E-state index < -0.39 is 0 Å². The molecule has 0 spiro atoms. The fourth-order valence-corrected chi connectivity index (χ4v) is 11.7. The molecule has 4 heterocycles. The molecule has 2 aliphatic rings. The number of nitrogens with zero attached hydrogens (tertiary/aromatic N) is 2. The second kappa shape index (κ2) is 11.2. The van der Waals surface area contributed by atoms with Gasteiger partial charge < -0.3 is 8.83 Å². The highest BCUT2D eigenvalue weighted by molar-refractivity contribution is 6.50. The zero-order valence-electron chi connectivity index (χ0n) is 32.3. The van der Waals surface area contributed by atoms with Crippen molar-refractivity contribution in [1.29, 1.82) is 0 Å². The maximum Gasteiger partial charge on any atom is 0.261 e. The number of hydrogen-bond donors (Lipinski definition) is 0. The minimum absolute atomic E-state index is 0.178. The third kappa shape index (κ3) is 4.00. The number of aryl methyl sites for hydroxylation is 2. The van der Waals surface area contributed by atoms with Crippen molar-refractivity contribution in [2.24, 2.45) is 0 Å². The average molecular weight is 763 g/mol. The van der Waals surface area contributed by atoms with Crippen molar-refractivity contribution < 1.29 is 8.83 Å². The smallest absolute Gasteiger partial charge is 0.261 e. The molecule has 13 rings (SSSR count). The van der Waals surface area contributed by atoms with Crippen molar-refractivity contribution in [3.05, 3.63) is 113 Å². The third-order valence-electron chi connectivity index (χ3n) is 14.2. The van der Waals surface area contributed by atoms with Gasteiger partial charge in [-0.25, -0.2) is 0 Å². The molecule has 0 saturated heterocycles. The maximum absolute atomic E-state index is 15.0. The summed E-state index contributed by atoms with van der Waals surface area (Å²) in [4.78, 5) is 59.9. The van der Waals surface area contributed by atoms with Gasteiger partial charge in [0.15, 0.2) is 0 Å². The number of benzene rings is 7. The lowest BCUT2D eigenvalue weighted by molar-refractivity contribution is 0.342. The van der Waals surface area contributed by atoms with Crippen LogP contribution >= 0.6 is 0 Å². The Kier molecular flexibility index (Phi) is 6.34. The minimum atomic E-state index is -0.291. The van der Waals surface area contributed by atoms with Crippen LogP contribution in [0.5, 0.6) is 0 Å². The lowest BCUT2D eigenvalue weighted by Crippen LogP contribution is -2.37. The van der Waals surface area contributed by atoms with E-state index in [2.05, 4.69) is 12.1 Å². The van der Waals surface area contributed by atoms with Crippen molar-refractivity contribution in [1.82, 2.24) is 9.13 Å². The van der Waals surface area contributed by atoms with Crippen LogP contribution in [0.1, 0.15) is 87.4 Å². The van der Waals surface area contributed by atoms with E-state index in [1.54, 1.807) is 0 Å². The van der Waals surface area contributed by atoms with Gasteiger partial charge in [-0.3, -0.25) is 28.3 Å². The number of rotatable bonds is 2. The summed E-state index contributed by atoms with van der Waals surface area (Å²) in [5, 5.41) is 11.1. The second-order valence-electron chi connectivity index (χ2n) is 17.5. The SMILES string of the molecule is Cc1ccc2oc3cc4c(=O)n(C5CCCCC5)c(=O)c5cc6c7cc(C)ccc7oc7cc8c(=O)n(C9CCCCC9)c(=O)c9cc(c2c1)c1c3c(c45)c6c7c1c89. The van der Waals surface area contributed by atoms with Gasteiger partial charge in [0.25, 0.3) is 22.2 Å². The van der Waals surface area contributed by atoms with Crippen LogP contribution in [0.2, 0.25) is 0 Å². The molecule has 7 aromatic carbocycles. The van der Waals surface area contributed by atoms with E-state index in [4.69, 9.17) is 8.83 Å². The summed E-state index contributed by atoms with van der Waals surface area (Å²) in [6.07, 6.45) is 9.22. The van der Waals surface area contributed by atoms with Gasteiger partial charge in [0.05, 0.1) is 10.8 Å². The van der Waals surface area contributed by atoms with Gasteiger partial charge in [-0.2, -0.15) is 0 Å². The summed E-state index contributed by atoms with van der Waals surface area (Å²) in [5.41, 5.74) is 3.17. The van der Waals surface area contributed by atoms with Gasteiger partial charge in [0.2, 0.25) is 0 Å². The van der Waals surface area contributed by atoms with Crippen LogP contribution in [0.4, 0.5) is 0 Å². The monoisotopic (exact) mass is 762 g/mol. The van der Waals surface area contributed by atoms with Crippen molar-refractivity contribution >= 4 is 109 Å². The Hall–Kier alpha value is -6.28. The van der Waals surface area contributed by atoms with Crippen LogP contribution in [0, 0.1) is 13.8 Å². The summed E-state index contributed by atoms with van der Waals surface area (Å²) in [6, 6.07) is 19.4. The highest BCUT2D eigenvalue weighted by atomic mass is 16.3. The largest absolute Gasteiger partial charge is 0.456 e. The molecule has 0 radical (unpaired) electrons. The van der Waals surface area contributed by atoms with Crippen LogP contribution in [0.15, 0.2) is 88.7 Å². The predicted octanol–water partition coefficient (Wildman–Crippen LogP) is 11.4. The first-order valence-corrected chi connectivity index (χ1v) is 21.0. The first kappa shape index (κ1) is 32.8. The summed E-state index contributed by atoms with van der Waals surface area (Å²) in [5.74, 6) is 0. The van der Waals surface area contributed by atoms with Crippen LogP contribution < -0.4 is 22.2 Å².